The Morgan fingerprint density at radius 3 is 2.15 bits per heavy atom. The molecule has 0 aliphatic rings. The predicted molar refractivity (Wildman–Crippen MR) is 82.3 cm³/mol. The van der Waals surface area contributed by atoms with Crippen LogP contribution in [0.4, 0.5) is 4.39 Å². The molecule has 0 heterocycles. The summed E-state index contributed by atoms with van der Waals surface area (Å²) in [6, 6.07) is 12.8. The van der Waals surface area contributed by atoms with Crippen LogP contribution in [0.25, 0.3) is 0 Å². The molecule has 2 rings (SSSR count). The van der Waals surface area contributed by atoms with E-state index in [0.29, 0.717) is 0 Å². The van der Waals surface area contributed by atoms with Gasteiger partial charge in [0.25, 0.3) is 0 Å². The quantitative estimate of drug-likeness (QED) is 0.878. The summed E-state index contributed by atoms with van der Waals surface area (Å²) in [5.74, 6) is -0.218. The van der Waals surface area contributed by atoms with Gasteiger partial charge in [0.1, 0.15) is 5.82 Å². The summed E-state index contributed by atoms with van der Waals surface area (Å²) < 4.78 is 13.1. The zero-order chi connectivity index (χ0) is 14.9. The van der Waals surface area contributed by atoms with Crippen molar-refractivity contribution < 1.29 is 4.39 Å². The minimum absolute atomic E-state index is 0.131. The fraction of sp³-hybridized carbons (Fsp3) is 0.333. The van der Waals surface area contributed by atoms with Gasteiger partial charge in [0.2, 0.25) is 0 Å². The minimum atomic E-state index is -0.256. The van der Waals surface area contributed by atoms with Gasteiger partial charge in [-0.15, -0.1) is 0 Å². The zero-order valence-electron chi connectivity index (χ0n) is 12.6. The molecule has 2 aromatic rings. The lowest BCUT2D eigenvalue weighted by Crippen LogP contribution is -2.33. The zero-order valence-corrected chi connectivity index (χ0v) is 12.6. The average molecular weight is 271 g/mol. The Labute approximate surface area is 120 Å². The molecule has 0 aliphatic carbocycles. The van der Waals surface area contributed by atoms with Gasteiger partial charge in [-0.3, -0.25) is 0 Å². The van der Waals surface area contributed by atoms with Crippen LogP contribution in [-0.4, -0.2) is 0 Å². The molecule has 0 saturated carbocycles. The van der Waals surface area contributed by atoms with Crippen LogP contribution in [0.2, 0.25) is 0 Å². The van der Waals surface area contributed by atoms with Crippen molar-refractivity contribution in [3.8, 4) is 0 Å². The second-order valence-corrected chi connectivity index (χ2v) is 6.07. The smallest absolute Gasteiger partial charge is 0.123 e. The van der Waals surface area contributed by atoms with Crippen LogP contribution < -0.4 is 5.73 Å². The van der Waals surface area contributed by atoms with Crippen LogP contribution in [-0.2, 0) is 5.41 Å². The highest BCUT2D eigenvalue weighted by atomic mass is 19.1. The molecule has 1 atom stereocenters. The summed E-state index contributed by atoms with van der Waals surface area (Å²) in [5.41, 5.74) is 10.9. The van der Waals surface area contributed by atoms with Gasteiger partial charge in [-0.1, -0.05) is 49.7 Å². The number of aryl methyl sites for hydroxylation is 2. The van der Waals surface area contributed by atoms with E-state index in [1.807, 2.05) is 12.1 Å². The number of nitrogens with two attached hydrogens (primary N) is 1. The van der Waals surface area contributed by atoms with Crippen molar-refractivity contribution in [2.75, 3.05) is 0 Å². The Kier molecular flexibility index (Phi) is 3.96. The fourth-order valence-electron chi connectivity index (χ4n) is 2.62. The molecule has 0 aromatic heterocycles. The first-order chi connectivity index (χ1) is 9.32. The molecule has 1 unspecified atom stereocenters. The maximum atomic E-state index is 13.1. The number of benzene rings is 2. The lowest BCUT2D eigenvalue weighted by Gasteiger charge is -2.33. The fourth-order valence-corrected chi connectivity index (χ4v) is 2.62. The van der Waals surface area contributed by atoms with E-state index in [0.717, 1.165) is 11.1 Å². The summed E-state index contributed by atoms with van der Waals surface area (Å²) in [6.07, 6.45) is 0. The molecule has 1 nitrogen and oxygen atoms in total. The molecule has 0 bridgehead atoms. The van der Waals surface area contributed by atoms with E-state index in [4.69, 9.17) is 5.73 Å². The van der Waals surface area contributed by atoms with Crippen LogP contribution in [0, 0.1) is 19.7 Å². The monoisotopic (exact) mass is 271 g/mol. The van der Waals surface area contributed by atoms with E-state index in [2.05, 4.69) is 45.9 Å². The van der Waals surface area contributed by atoms with E-state index in [-0.39, 0.29) is 17.3 Å². The van der Waals surface area contributed by atoms with Crippen molar-refractivity contribution in [3.63, 3.8) is 0 Å². The molecule has 106 valence electrons. The van der Waals surface area contributed by atoms with Crippen LogP contribution >= 0.6 is 0 Å². The van der Waals surface area contributed by atoms with Crippen LogP contribution in [0.1, 0.15) is 42.1 Å². The molecule has 0 spiro atoms. The highest BCUT2D eigenvalue weighted by molar-refractivity contribution is 5.37. The van der Waals surface area contributed by atoms with Gasteiger partial charge in [-0.25, -0.2) is 4.39 Å². The van der Waals surface area contributed by atoms with Gasteiger partial charge in [0.15, 0.2) is 0 Å². The van der Waals surface area contributed by atoms with Gasteiger partial charge in [0, 0.05) is 11.5 Å². The third kappa shape index (κ3) is 2.75. The summed E-state index contributed by atoms with van der Waals surface area (Å²) in [4.78, 5) is 0. The molecule has 0 fully saturated rings. The minimum Gasteiger partial charge on any atom is -0.323 e. The van der Waals surface area contributed by atoms with Crippen molar-refractivity contribution in [2.45, 2.75) is 39.2 Å². The second-order valence-electron chi connectivity index (χ2n) is 6.07. The molecular weight excluding hydrogens is 249 g/mol. The van der Waals surface area contributed by atoms with Crippen molar-refractivity contribution in [2.24, 2.45) is 5.73 Å². The SMILES string of the molecule is Cc1ccc(C(N)C(C)(C)c2ccc(F)cc2)c(C)c1. The van der Waals surface area contributed by atoms with Crippen LogP contribution in [0.3, 0.4) is 0 Å². The normalized spacial score (nSPS) is 13.3. The van der Waals surface area contributed by atoms with Crippen molar-refractivity contribution in [3.05, 3.63) is 70.5 Å². The summed E-state index contributed by atoms with van der Waals surface area (Å²) in [6.45, 7) is 8.37. The molecule has 2 aromatic carbocycles. The maximum absolute atomic E-state index is 13.1. The topological polar surface area (TPSA) is 26.0 Å². The molecule has 0 aliphatic heterocycles. The van der Waals surface area contributed by atoms with Gasteiger partial charge < -0.3 is 5.73 Å². The van der Waals surface area contributed by atoms with E-state index in [1.54, 1.807) is 0 Å². The Balaban J connectivity index is 2.39. The van der Waals surface area contributed by atoms with Crippen LogP contribution in [0.15, 0.2) is 42.5 Å². The first-order valence-corrected chi connectivity index (χ1v) is 6.91. The summed E-state index contributed by atoms with van der Waals surface area (Å²) in [5, 5.41) is 0. The number of rotatable bonds is 3. The molecule has 2 N–H and O–H groups in total. The van der Waals surface area contributed by atoms with Crippen molar-refractivity contribution in [1.29, 1.82) is 0 Å². The Morgan fingerprint density at radius 2 is 1.60 bits per heavy atom. The highest BCUT2D eigenvalue weighted by Crippen LogP contribution is 2.36. The first-order valence-electron chi connectivity index (χ1n) is 6.91. The third-order valence-corrected chi connectivity index (χ3v) is 4.13. The van der Waals surface area contributed by atoms with Gasteiger partial charge in [-0.2, -0.15) is 0 Å². The van der Waals surface area contributed by atoms with Crippen LogP contribution in [0.5, 0.6) is 0 Å². The second kappa shape index (κ2) is 5.37. The van der Waals surface area contributed by atoms with E-state index in [1.165, 1.54) is 23.3 Å². The maximum Gasteiger partial charge on any atom is 0.123 e. The molecule has 20 heavy (non-hydrogen) atoms. The predicted octanol–water partition coefficient (Wildman–Crippen LogP) is 4.42. The molecule has 0 saturated heterocycles. The Hall–Kier alpha value is -1.67. The first kappa shape index (κ1) is 14.7. The number of hydrogen-bond donors (Lipinski definition) is 1. The molecule has 0 radical (unpaired) electrons. The Bertz CT molecular complexity index is 599. The van der Waals surface area contributed by atoms with Crippen molar-refractivity contribution in [1.82, 2.24) is 0 Å². The van der Waals surface area contributed by atoms with Crippen molar-refractivity contribution >= 4 is 0 Å². The number of hydrogen-bond acceptors (Lipinski definition) is 1. The largest absolute Gasteiger partial charge is 0.323 e. The van der Waals surface area contributed by atoms with Gasteiger partial charge in [0.05, 0.1) is 0 Å². The average Bonchev–Trinajstić information content (AvgIpc) is 2.38. The Morgan fingerprint density at radius 1 is 1.00 bits per heavy atom. The summed E-state index contributed by atoms with van der Waals surface area (Å²) in [7, 11) is 0. The highest BCUT2D eigenvalue weighted by Gasteiger charge is 2.30. The lowest BCUT2D eigenvalue weighted by atomic mass is 9.74. The molecular formula is C18H22FN. The van der Waals surface area contributed by atoms with Gasteiger partial charge >= 0.3 is 0 Å². The van der Waals surface area contributed by atoms with E-state index < -0.39 is 0 Å². The summed E-state index contributed by atoms with van der Waals surface area (Å²) >= 11 is 0. The standard InChI is InChI=1S/C18H22FN/c1-12-5-10-16(13(2)11-12)17(20)18(3,4)14-6-8-15(19)9-7-14/h5-11,17H,20H2,1-4H3. The lowest BCUT2D eigenvalue weighted by molar-refractivity contribution is 0.418. The van der Waals surface area contributed by atoms with E-state index >= 15 is 0 Å². The van der Waals surface area contributed by atoms with E-state index in [9.17, 15) is 4.39 Å². The third-order valence-electron chi connectivity index (χ3n) is 4.13. The number of halogens is 1. The van der Waals surface area contributed by atoms with Gasteiger partial charge in [-0.05, 0) is 42.7 Å². The molecule has 2 heteroatoms. The molecule has 0 amide bonds.